The molecule has 1 aliphatic heterocycles. The van der Waals surface area contributed by atoms with Crippen molar-refractivity contribution in [1.82, 2.24) is 9.97 Å². The zero-order valence-electron chi connectivity index (χ0n) is 27.5. The number of anilines is 1. The van der Waals surface area contributed by atoms with E-state index in [4.69, 9.17) is 40.1 Å². The molecule has 49 heavy (non-hydrogen) atoms. The van der Waals surface area contributed by atoms with Gasteiger partial charge in [-0.2, -0.15) is 9.97 Å². The quantitative estimate of drug-likeness (QED) is 0.132. The molecule has 2 heterocycles. The van der Waals surface area contributed by atoms with Gasteiger partial charge in [0, 0.05) is 11.6 Å². The van der Waals surface area contributed by atoms with Gasteiger partial charge in [-0.05, 0) is 64.2 Å². The van der Waals surface area contributed by atoms with Crippen LogP contribution in [0.1, 0.15) is 62.4 Å². The number of amides is 2. The maximum Gasteiger partial charge on any atom is 0.427 e. The molecule has 2 aromatic carbocycles. The molecule has 260 valence electrons. The second-order valence-electron chi connectivity index (χ2n) is 10.8. The summed E-state index contributed by atoms with van der Waals surface area (Å²) in [6.07, 6.45) is 3.00. The van der Waals surface area contributed by atoms with Gasteiger partial charge in [-0.3, -0.25) is 4.79 Å². The number of aromatic carboxylic acids is 1. The van der Waals surface area contributed by atoms with E-state index in [-0.39, 0.29) is 57.4 Å². The van der Waals surface area contributed by atoms with E-state index in [0.29, 0.717) is 21.7 Å². The Kier molecular flexibility index (Phi) is 12.0. The number of rotatable bonds is 10. The molecule has 1 N–H and O–H groups in total. The Morgan fingerprint density at radius 2 is 1.67 bits per heavy atom. The molecule has 1 aromatic heterocycles. The molecule has 0 radical (unpaired) electrons. The highest BCUT2D eigenvalue weighted by Crippen LogP contribution is 2.37. The van der Waals surface area contributed by atoms with Crippen molar-refractivity contribution in [2.24, 2.45) is 5.16 Å². The van der Waals surface area contributed by atoms with Gasteiger partial charge in [0.15, 0.2) is 5.76 Å². The summed E-state index contributed by atoms with van der Waals surface area (Å²) in [5, 5.41) is 13.4. The average molecular weight is 701 g/mol. The third-order valence-corrected chi connectivity index (χ3v) is 7.49. The minimum atomic E-state index is -1.19. The topological polar surface area (TPSA) is 168 Å². The number of allylic oxidation sites excluding steroid dienone is 1. The normalized spacial score (nSPS) is 14.6. The van der Waals surface area contributed by atoms with Crippen LogP contribution >= 0.6 is 11.6 Å². The maximum atomic E-state index is 14.3. The van der Waals surface area contributed by atoms with Gasteiger partial charge in [0.25, 0.3) is 0 Å². The predicted molar refractivity (Wildman–Crippen MR) is 174 cm³/mol. The number of nitrogens with zero attached hydrogens (tertiary/aromatic N) is 4. The lowest BCUT2D eigenvalue weighted by molar-refractivity contribution is -0.114. The minimum Gasteiger partial charge on any atom is -0.489 e. The first kappa shape index (κ1) is 36.4. The Bertz CT molecular complexity index is 1780. The van der Waals surface area contributed by atoms with Crippen LogP contribution in [0.4, 0.5) is 14.9 Å². The zero-order chi connectivity index (χ0) is 35.8. The van der Waals surface area contributed by atoms with Crippen molar-refractivity contribution in [2.75, 3.05) is 26.2 Å². The summed E-state index contributed by atoms with van der Waals surface area (Å²) < 4.78 is 40.7. The van der Waals surface area contributed by atoms with Gasteiger partial charge in [0.1, 0.15) is 30.0 Å². The van der Waals surface area contributed by atoms with Crippen LogP contribution in [-0.2, 0) is 14.4 Å². The van der Waals surface area contributed by atoms with Crippen LogP contribution in [0.15, 0.2) is 52.9 Å². The fourth-order valence-electron chi connectivity index (χ4n) is 4.91. The van der Waals surface area contributed by atoms with Crippen molar-refractivity contribution in [3.63, 3.8) is 0 Å². The molecule has 2 aliphatic rings. The molecular formula is C33H34ClFN4O10. The van der Waals surface area contributed by atoms with Crippen LogP contribution in [-0.4, -0.2) is 66.2 Å². The third kappa shape index (κ3) is 8.54. The minimum absolute atomic E-state index is 0.00962. The molecule has 2 amide bonds. The van der Waals surface area contributed by atoms with Crippen LogP contribution in [0.3, 0.4) is 0 Å². The Morgan fingerprint density at radius 1 is 1.02 bits per heavy atom. The highest BCUT2D eigenvalue weighted by Gasteiger charge is 2.40. The maximum absolute atomic E-state index is 14.3. The second kappa shape index (κ2) is 16.1. The number of halogens is 2. The van der Waals surface area contributed by atoms with Gasteiger partial charge in [0.05, 0.1) is 42.8 Å². The van der Waals surface area contributed by atoms with Crippen molar-refractivity contribution in [1.29, 1.82) is 0 Å². The van der Waals surface area contributed by atoms with Gasteiger partial charge in [-0.15, -0.1) is 0 Å². The molecule has 0 spiro atoms. The van der Waals surface area contributed by atoms with E-state index in [0.717, 1.165) is 31.7 Å². The zero-order valence-corrected chi connectivity index (χ0v) is 28.3. The third-order valence-electron chi connectivity index (χ3n) is 7.20. The van der Waals surface area contributed by atoms with Gasteiger partial charge in [-0.1, -0.05) is 28.9 Å². The van der Waals surface area contributed by atoms with Gasteiger partial charge < -0.3 is 33.6 Å². The van der Waals surface area contributed by atoms with Crippen LogP contribution < -0.4 is 23.8 Å². The first-order valence-electron chi connectivity index (χ1n) is 14.9. The Labute approximate surface area is 286 Å². The van der Waals surface area contributed by atoms with E-state index in [1.54, 1.807) is 32.9 Å². The molecule has 16 heteroatoms. The number of carboxylic acids is 1. The molecule has 0 unspecified atom stereocenters. The van der Waals surface area contributed by atoms with E-state index in [2.05, 4.69) is 15.1 Å². The summed E-state index contributed by atoms with van der Waals surface area (Å²) in [6.45, 7) is 4.90. The number of oxime groups is 1. The predicted octanol–water partition coefficient (Wildman–Crippen LogP) is 6.93. The number of hydrogen-bond donors (Lipinski definition) is 1. The average Bonchev–Trinajstić information content (AvgIpc) is 3.69. The van der Waals surface area contributed by atoms with E-state index >= 15 is 0 Å². The number of methoxy groups -OCH3 is 2. The summed E-state index contributed by atoms with van der Waals surface area (Å²) in [6, 6.07) is 8.40. The van der Waals surface area contributed by atoms with Crippen LogP contribution in [0.2, 0.25) is 5.02 Å². The summed E-state index contributed by atoms with van der Waals surface area (Å²) in [7, 11) is 4.24. The lowest BCUT2D eigenvalue weighted by Crippen LogP contribution is -2.29. The number of ether oxygens (including phenoxy) is 5. The molecule has 1 saturated carbocycles. The number of carbonyl (C=O) groups is 3. The summed E-state index contributed by atoms with van der Waals surface area (Å²) >= 11 is 6.04. The highest BCUT2D eigenvalue weighted by molar-refractivity contribution is 6.32. The summed E-state index contributed by atoms with van der Waals surface area (Å²) in [5.74, 6) is -2.04. The van der Waals surface area contributed by atoms with E-state index < -0.39 is 23.8 Å². The Hall–Kier alpha value is -5.44. The number of benzene rings is 2. The number of aromatic nitrogens is 2. The fourth-order valence-corrected chi connectivity index (χ4v) is 5.11. The molecule has 2 fully saturated rings. The molecule has 5 rings (SSSR count). The second-order valence-corrected chi connectivity index (χ2v) is 11.2. The van der Waals surface area contributed by atoms with E-state index in [9.17, 15) is 23.9 Å². The first-order valence-corrected chi connectivity index (χ1v) is 15.2. The van der Waals surface area contributed by atoms with Gasteiger partial charge in [-0.25, -0.2) is 18.9 Å². The van der Waals surface area contributed by atoms with Crippen molar-refractivity contribution in [3.8, 4) is 29.3 Å². The molecule has 3 aromatic rings. The SMILES string of the molecule is CC(C)=C1OC(=O)N(c2cc(OC3CCCC3)c(Cl)cc2F)C1=O.CON=C(C)c1cccc(Oc2nc(OC)cc(OC)n2)c1C(=O)O. The first-order chi connectivity index (χ1) is 23.4. The summed E-state index contributed by atoms with van der Waals surface area (Å²) in [4.78, 5) is 49.5. The van der Waals surface area contributed by atoms with Crippen LogP contribution in [0, 0.1) is 5.82 Å². The largest absolute Gasteiger partial charge is 0.489 e. The highest BCUT2D eigenvalue weighted by atomic mass is 35.5. The molecule has 0 atom stereocenters. The van der Waals surface area contributed by atoms with Crippen LogP contribution in [0.25, 0.3) is 0 Å². The van der Waals surface area contributed by atoms with Crippen molar-refractivity contribution in [3.05, 3.63) is 69.7 Å². The van der Waals surface area contributed by atoms with Gasteiger partial charge >= 0.3 is 24.0 Å². The number of carbonyl (C=O) groups excluding carboxylic acids is 2. The van der Waals surface area contributed by atoms with Crippen molar-refractivity contribution < 1.29 is 52.4 Å². The Balaban J connectivity index is 0.000000221. The lowest BCUT2D eigenvalue weighted by atomic mass is 10.0. The van der Waals surface area contributed by atoms with E-state index in [1.165, 1.54) is 39.5 Å². The van der Waals surface area contributed by atoms with E-state index in [1.807, 2.05) is 0 Å². The number of hydrogen-bond acceptors (Lipinski definition) is 12. The Morgan fingerprint density at radius 3 is 2.22 bits per heavy atom. The molecule has 0 bridgehead atoms. The standard InChI is InChI=1S/C17H17ClFNO4.C16H17N3O6/c1-9(2)15-16(21)20(17(22)24-15)13-8-14(11(18)7-12(13)19)23-10-5-3-4-6-10;1-9(19-24-4)10-6-5-7-11(14(10)15(20)21)25-16-17-12(22-2)8-13(18-16)23-3/h7-8,10H,3-6H2,1-2H3;5-8H,1-4H3,(H,20,21). The monoisotopic (exact) mass is 700 g/mol. The molecule has 1 aliphatic carbocycles. The number of cyclic esters (lactones) is 1. The molecule has 14 nitrogen and oxygen atoms in total. The molecule has 1 saturated heterocycles. The summed E-state index contributed by atoms with van der Waals surface area (Å²) in [5.41, 5.74) is 0.952. The van der Waals surface area contributed by atoms with Crippen molar-refractivity contribution >= 4 is 41.0 Å². The smallest absolute Gasteiger partial charge is 0.427 e. The fraction of sp³-hybridized carbons (Fsp3) is 0.333. The van der Waals surface area contributed by atoms with Gasteiger partial charge in [0.2, 0.25) is 11.8 Å². The van der Waals surface area contributed by atoms with Crippen molar-refractivity contribution in [2.45, 2.75) is 52.6 Å². The molecular weight excluding hydrogens is 667 g/mol. The van der Waals surface area contributed by atoms with Crippen LogP contribution in [0.5, 0.6) is 29.3 Å². The number of imide groups is 1. The lowest BCUT2D eigenvalue weighted by Gasteiger charge is -2.18. The number of carboxylic acid groups (broad SMARTS) is 1.